The number of carboxylic acids is 1. The van der Waals surface area contributed by atoms with Crippen molar-refractivity contribution >= 4 is 23.1 Å². The van der Waals surface area contributed by atoms with Gasteiger partial charge in [0.1, 0.15) is 11.6 Å². The Kier molecular flexibility index (Phi) is 6.61. The highest BCUT2D eigenvalue weighted by Gasteiger charge is 2.24. The molecule has 0 unspecified atom stereocenters. The SMILES string of the molecule is Cn1c(=O)n(-c2ccc(CC[C@H](NC(=O)OC(C)(C)C)C(=O)O)nc2)c(=O)c2ncccc21. The highest BCUT2D eigenvalue weighted by Crippen LogP contribution is 2.10. The Morgan fingerprint density at radius 1 is 1.18 bits per heavy atom. The van der Waals surface area contributed by atoms with Crippen LogP contribution in [0.25, 0.3) is 16.7 Å². The van der Waals surface area contributed by atoms with E-state index in [0.29, 0.717) is 11.2 Å². The molecule has 0 fully saturated rings. The van der Waals surface area contributed by atoms with E-state index in [0.717, 1.165) is 4.57 Å². The number of alkyl carbamates (subject to hydrolysis) is 1. The van der Waals surface area contributed by atoms with Gasteiger partial charge in [0, 0.05) is 18.9 Å². The second-order valence-electron chi connectivity index (χ2n) is 8.44. The fourth-order valence-electron chi connectivity index (χ4n) is 3.20. The number of carbonyl (C=O) groups excluding carboxylic acids is 1. The van der Waals surface area contributed by atoms with Gasteiger partial charge in [0.05, 0.1) is 17.4 Å². The Hall–Kier alpha value is -4.02. The van der Waals surface area contributed by atoms with E-state index in [9.17, 15) is 24.3 Å². The number of ether oxygens (including phenoxy) is 1. The van der Waals surface area contributed by atoms with Gasteiger partial charge in [0.2, 0.25) is 0 Å². The number of aliphatic carboxylic acids is 1. The number of carbonyl (C=O) groups is 2. The third-order valence-electron chi connectivity index (χ3n) is 4.78. The van der Waals surface area contributed by atoms with Crippen molar-refractivity contribution in [1.82, 2.24) is 24.4 Å². The molecule has 3 aromatic heterocycles. The predicted octanol–water partition coefficient (Wildman–Crippen LogP) is 1.39. The van der Waals surface area contributed by atoms with Crippen LogP contribution in [0.2, 0.25) is 0 Å². The molecule has 0 saturated carbocycles. The average Bonchev–Trinajstić information content (AvgIpc) is 2.74. The number of carboxylic acid groups (broad SMARTS) is 1. The molecule has 33 heavy (non-hydrogen) atoms. The molecule has 0 aliphatic rings. The average molecular weight is 455 g/mol. The van der Waals surface area contributed by atoms with E-state index < -0.39 is 35.0 Å². The number of rotatable bonds is 6. The van der Waals surface area contributed by atoms with Crippen molar-refractivity contribution in [2.24, 2.45) is 7.05 Å². The van der Waals surface area contributed by atoms with Gasteiger partial charge in [0.25, 0.3) is 5.56 Å². The minimum atomic E-state index is -1.20. The summed E-state index contributed by atoms with van der Waals surface area (Å²) >= 11 is 0. The molecule has 0 radical (unpaired) electrons. The number of aromatic nitrogens is 4. The molecule has 1 amide bonds. The lowest BCUT2D eigenvalue weighted by atomic mass is 10.1. The number of aryl methyl sites for hydroxylation is 2. The van der Waals surface area contributed by atoms with Crippen LogP contribution in [-0.2, 0) is 23.0 Å². The summed E-state index contributed by atoms with van der Waals surface area (Å²) in [4.78, 5) is 57.3. The van der Waals surface area contributed by atoms with Gasteiger partial charge in [0.15, 0.2) is 5.52 Å². The van der Waals surface area contributed by atoms with E-state index in [-0.39, 0.29) is 24.0 Å². The Morgan fingerprint density at radius 3 is 2.52 bits per heavy atom. The zero-order valence-corrected chi connectivity index (χ0v) is 18.7. The van der Waals surface area contributed by atoms with Crippen LogP contribution in [0, 0.1) is 0 Å². The lowest BCUT2D eigenvalue weighted by molar-refractivity contribution is -0.139. The van der Waals surface area contributed by atoms with Crippen molar-refractivity contribution in [3.8, 4) is 5.69 Å². The fraction of sp³-hybridized carbons (Fsp3) is 0.364. The standard InChI is InChI=1S/C22H25N5O6/c1-22(2,3)33-20(31)25-15(19(29)30)10-8-13-7-9-14(12-24-13)27-18(28)17-16(6-5-11-23-17)26(4)21(27)32/h5-7,9,11-12,15H,8,10H2,1-4H3,(H,25,31)(H,29,30)/t15-/m0/s1. The first-order valence-corrected chi connectivity index (χ1v) is 10.2. The minimum Gasteiger partial charge on any atom is -0.480 e. The first-order valence-electron chi connectivity index (χ1n) is 10.2. The van der Waals surface area contributed by atoms with E-state index in [1.54, 1.807) is 52.1 Å². The highest BCUT2D eigenvalue weighted by atomic mass is 16.6. The van der Waals surface area contributed by atoms with Gasteiger partial charge in [-0.05, 0) is 57.9 Å². The van der Waals surface area contributed by atoms with Crippen molar-refractivity contribution in [2.75, 3.05) is 0 Å². The Balaban J connectivity index is 1.78. The second kappa shape index (κ2) is 9.23. The predicted molar refractivity (Wildman–Crippen MR) is 119 cm³/mol. The van der Waals surface area contributed by atoms with Crippen LogP contribution in [-0.4, -0.2) is 47.9 Å². The van der Waals surface area contributed by atoms with Gasteiger partial charge in [-0.15, -0.1) is 0 Å². The molecule has 0 aromatic carbocycles. The molecule has 0 spiro atoms. The maximum Gasteiger partial charge on any atom is 0.408 e. The molecule has 3 rings (SSSR count). The fourth-order valence-corrected chi connectivity index (χ4v) is 3.20. The zero-order chi connectivity index (χ0) is 24.3. The van der Waals surface area contributed by atoms with Gasteiger partial charge in [-0.2, -0.15) is 0 Å². The van der Waals surface area contributed by atoms with Crippen molar-refractivity contribution in [1.29, 1.82) is 0 Å². The summed E-state index contributed by atoms with van der Waals surface area (Å²) in [6.07, 6.45) is 2.33. The Bertz CT molecular complexity index is 1300. The molecule has 1 atom stereocenters. The number of nitrogens with one attached hydrogen (secondary N) is 1. The Morgan fingerprint density at radius 2 is 1.91 bits per heavy atom. The van der Waals surface area contributed by atoms with Crippen molar-refractivity contribution < 1.29 is 19.4 Å². The number of hydrogen-bond donors (Lipinski definition) is 2. The van der Waals surface area contributed by atoms with Gasteiger partial charge < -0.3 is 15.2 Å². The molecule has 3 heterocycles. The lowest BCUT2D eigenvalue weighted by Gasteiger charge is -2.22. The molecule has 0 saturated heterocycles. The van der Waals surface area contributed by atoms with Gasteiger partial charge >= 0.3 is 17.8 Å². The van der Waals surface area contributed by atoms with Crippen LogP contribution < -0.4 is 16.6 Å². The third-order valence-corrected chi connectivity index (χ3v) is 4.78. The van der Waals surface area contributed by atoms with Crippen LogP contribution in [0.3, 0.4) is 0 Å². The third kappa shape index (κ3) is 5.43. The minimum absolute atomic E-state index is 0.0720. The molecule has 0 aliphatic carbocycles. The van der Waals surface area contributed by atoms with Gasteiger partial charge in [-0.25, -0.2) is 23.9 Å². The summed E-state index contributed by atoms with van der Waals surface area (Å²) in [5, 5.41) is 11.7. The second-order valence-corrected chi connectivity index (χ2v) is 8.44. The van der Waals surface area contributed by atoms with Crippen LogP contribution in [0.5, 0.6) is 0 Å². The van der Waals surface area contributed by atoms with Crippen molar-refractivity contribution in [2.45, 2.75) is 45.3 Å². The Labute approximate surface area is 188 Å². The largest absolute Gasteiger partial charge is 0.480 e. The molecule has 3 aromatic rings. The topological polar surface area (TPSA) is 145 Å². The summed E-state index contributed by atoms with van der Waals surface area (Å²) in [5.41, 5.74) is -0.485. The molecular weight excluding hydrogens is 430 g/mol. The molecule has 11 heteroatoms. The summed E-state index contributed by atoms with van der Waals surface area (Å²) in [7, 11) is 1.55. The van der Waals surface area contributed by atoms with Crippen molar-refractivity contribution in [3.05, 3.63) is 63.2 Å². The van der Waals surface area contributed by atoms with Gasteiger partial charge in [-0.1, -0.05) is 0 Å². The van der Waals surface area contributed by atoms with E-state index in [2.05, 4.69) is 15.3 Å². The van der Waals surface area contributed by atoms with E-state index in [4.69, 9.17) is 4.74 Å². The molecule has 0 aliphatic heterocycles. The number of fused-ring (bicyclic) bond motifs is 1. The zero-order valence-electron chi connectivity index (χ0n) is 18.7. The van der Waals surface area contributed by atoms with Crippen molar-refractivity contribution in [3.63, 3.8) is 0 Å². The normalized spacial score (nSPS) is 12.4. The van der Waals surface area contributed by atoms with Gasteiger partial charge in [-0.3, -0.25) is 14.3 Å². The van der Waals surface area contributed by atoms with E-state index in [1.165, 1.54) is 17.0 Å². The molecular formula is C22H25N5O6. The number of amides is 1. The number of nitrogens with zero attached hydrogens (tertiary/aromatic N) is 4. The quantitative estimate of drug-likeness (QED) is 0.567. The molecule has 174 valence electrons. The number of hydrogen-bond acceptors (Lipinski definition) is 7. The summed E-state index contributed by atoms with van der Waals surface area (Å²) in [6.45, 7) is 5.04. The molecule has 2 N–H and O–H groups in total. The first kappa shape index (κ1) is 23.6. The summed E-state index contributed by atoms with van der Waals surface area (Å²) in [5.74, 6) is -1.20. The summed E-state index contributed by atoms with van der Waals surface area (Å²) < 4.78 is 7.41. The summed E-state index contributed by atoms with van der Waals surface area (Å²) in [6, 6.07) is 5.26. The lowest BCUT2D eigenvalue weighted by Crippen LogP contribution is -2.43. The van der Waals surface area contributed by atoms with E-state index in [1.807, 2.05) is 0 Å². The highest BCUT2D eigenvalue weighted by molar-refractivity contribution is 5.80. The van der Waals surface area contributed by atoms with E-state index >= 15 is 0 Å². The van der Waals surface area contributed by atoms with Crippen LogP contribution >= 0.6 is 0 Å². The van der Waals surface area contributed by atoms with Crippen LogP contribution in [0.1, 0.15) is 32.9 Å². The number of pyridine rings is 2. The maximum absolute atomic E-state index is 12.8. The smallest absolute Gasteiger partial charge is 0.408 e. The molecule has 0 bridgehead atoms. The van der Waals surface area contributed by atoms with Crippen LogP contribution in [0.4, 0.5) is 4.79 Å². The van der Waals surface area contributed by atoms with Crippen LogP contribution in [0.15, 0.2) is 46.2 Å². The molecule has 11 nitrogen and oxygen atoms in total. The maximum atomic E-state index is 12.8. The first-order chi connectivity index (χ1) is 15.5. The monoisotopic (exact) mass is 455 g/mol.